The molecule has 2 nitrogen and oxygen atoms in total. The molecular formula is C16H13ClF3NOS. The lowest BCUT2D eigenvalue weighted by Gasteiger charge is -2.14. The van der Waals surface area contributed by atoms with E-state index in [-0.39, 0.29) is 27.3 Å². The summed E-state index contributed by atoms with van der Waals surface area (Å²) in [6.45, 7) is 0. The van der Waals surface area contributed by atoms with E-state index in [1.807, 2.05) is 0 Å². The molecule has 0 radical (unpaired) electrons. The van der Waals surface area contributed by atoms with Crippen molar-refractivity contribution in [2.24, 2.45) is 0 Å². The van der Waals surface area contributed by atoms with Gasteiger partial charge in [0, 0.05) is 20.4 Å². The van der Waals surface area contributed by atoms with Gasteiger partial charge in [0.1, 0.15) is 5.75 Å². The quantitative estimate of drug-likeness (QED) is 0.547. The first-order valence-electron chi connectivity index (χ1n) is 6.92. The number of anilines is 1. The van der Waals surface area contributed by atoms with E-state index in [2.05, 4.69) is 0 Å². The third kappa shape index (κ3) is 3.53. The minimum atomic E-state index is -4.49. The molecule has 0 atom stereocenters. The van der Waals surface area contributed by atoms with Crippen LogP contribution in [-0.4, -0.2) is 5.11 Å². The standard InChI is InChI=1S/C16H13ClF3NOS/c17-9-3-4-14(12(5-9)16(18,19)20)23-10-6-11(8-1-2-8)15(22)13(21)7-10/h3-8,22H,1-2,21H2. The van der Waals surface area contributed by atoms with Gasteiger partial charge in [-0.3, -0.25) is 0 Å². The lowest BCUT2D eigenvalue weighted by molar-refractivity contribution is -0.139. The summed E-state index contributed by atoms with van der Waals surface area (Å²) in [5.41, 5.74) is 5.88. The highest BCUT2D eigenvalue weighted by Gasteiger charge is 2.34. The van der Waals surface area contributed by atoms with Crippen LogP contribution >= 0.6 is 23.4 Å². The van der Waals surface area contributed by atoms with E-state index in [1.54, 1.807) is 6.07 Å². The molecule has 7 heteroatoms. The first-order chi connectivity index (χ1) is 10.8. The molecule has 0 amide bonds. The van der Waals surface area contributed by atoms with Crippen LogP contribution in [0.1, 0.15) is 29.9 Å². The Morgan fingerprint density at radius 2 is 1.87 bits per heavy atom. The van der Waals surface area contributed by atoms with Gasteiger partial charge in [0.2, 0.25) is 0 Å². The summed E-state index contributed by atoms with van der Waals surface area (Å²) in [7, 11) is 0. The minimum Gasteiger partial charge on any atom is -0.505 e. The van der Waals surface area contributed by atoms with Gasteiger partial charge in [-0.05, 0) is 49.1 Å². The maximum atomic E-state index is 13.2. The molecule has 122 valence electrons. The molecule has 1 aliphatic rings. The number of halogens is 4. The molecule has 0 spiro atoms. The maximum Gasteiger partial charge on any atom is 0.417 e. The van der Waals surface area contributed by atoms with Crippen LogP contribution in [0.15, 0.2) is 40.1 Å². The number of nitrogens with two attached hydrogens (primary N) is 1. The van der Waals surface area contributed by atoms with Crippen LogP contribution in [0.5, 0.6) is 5.75 Å². The normalized spacial score (nSPS) is 15.0. The third-order valence-electron chi connectivity index (χ3n) is 3.63. The van der Waals surface area contributed by atoms with E-state index < -0.39 is 11.7 Å². The van der Waals surface area contributed by atoms with Gasteiger partial charge in [0.05, 0.1) is 11.3 Å². The number of phenols is 1. The molecule has 1 aliphatic carbocycles. The van der Waals surface area contributed by atoms with Crippen molar-refractivity contribution in [2.75, 3.05) is 5.73 Å². The summed E-state index contributed by atoms with van der Waals surface area (Å²) in [4.78, 5) is 0.615. The van der Waals surface area contributed by atoms with Crippen molar-refractivity contribution in [2.45, 2.75) is 34.7 Å². The molecule has 0 aromatic heterocycles. The van der Waals surface area contributed by atoms with Crippen LogP contribution in [-0.2, 0) is 6.18 Å². The van der Waals surface area contributed by atoms with Gasteiger partial charge in [0.15, 0.2) is 0 Å². The highest BCUT2D eigenvalue weighted by molar-refractivity contribution is 7.99. The van der Waals surface area contributed by atoms with Gasteiger partial charge in [-0.2, -0.15) is 13.2 Å². The van der Waals surface area contributed by atoms with Crippen molar-refractivity contribution in [1.29, 1.82) is 0 Å². The molecule has 1 fully saturated rings. The van der Waals surface area contributed by atoms with Gasteiger partial charge in [0.25, 0.3) is 0 Å². The third-order valence-corrected chi connectivity index (χ3v) is 4.92. The van der Waals surface area contributed by atoms with E-state index in [1.165, 1.54) is 18.2 Å². The number of benzene rings is 2. The van der Waals surface area contributed by atoms with Crippen molar-refractivity contribution >= 4 is 29.1 Å². The van der Waals surface area contributed by atoms with Crippen molar-refractivity contribution in [3.63, 3.8) is 0 Å². The van der Waals surface area contributed by atoms with Crippen LogP contribution in [0.25, 0.3) is 0 Å². The Morgan fingerprint density at radius 1 is 1.17 bits per heavy atom. The second-order valence-corrected chi connectivity index (χ2v) is 7.02. The summed E-state index contributed by atoms with van der Waals surface area (Å²) in [6.07, 6.45) is -2.58. The highest BCUT2D eigenvalue weighted by atomic mass is 35.5. The number of aromatic hydroxyl groups is 1. The van der Waals surface area contributed by atoms with E-state index in [4.69, 9.17) is 17.3 Å². The Labute approximate surface area is 140 Å². The maximum absolute atomic E-state index is 13.2. The van der Waals surface area contributed by atoms with E-state index in [0.29, 0.717) is 10.5 Å². The van der Waals surface area contributed by atoms with Crippen LogP contribution in [0.2, 0.25) is 5.02 Å². The molecule has 2 aromatic carbocycles. The van der Waals surface area contributed by atoms with Crippen molar-refractivity contribution in [3.8, 4) is 5.75 Å². The predicted octanol–water partition coefficient (Wildman–Crippen LogP) is 5.68. The second kappa shape index (κ2) is 5.83. The van der Waals surface area contributed by atoms with E-state index in [9.17, 15) is 18.3 Å². The number of phenolic OH excluding ortho intramolecular Hbond substituents is 1. The molecule has 0 saturated heterocycles. The molecule has 3 rings (SSSR count). The first-order valence-corrected chi connectivity index (χ1v) is 8.12. The molecular weight excluding hydrogens is 347 g/mol. The average molecular weight is 360 g/mol. The van der Waals surface area contributed by atoms with Crippen molar-refractivity contribution < 1.29 is 18.3 Å². The number of alkyl halides is 3. The second-order valence-electron chi connectivity index (χ2n) is 5.46. The summed E-state index contributed by atoms with van der Waals surface area (Å²) in [6, 6.07) is 6.87. The fourth-order valence-electron chi connectivity index (χ4n) is 2.36. The van der Waals surface area contributed by atoms with Crippen LogP contribution in [0.4, 0.5) is 18.9 Å². The summed E-state index contributed by atoms with van der Waals surface area (Å²) in [5.74, 6) is 0.272. The Hall–Kier alpha value is -1.53. The van der Waals surface area contributed by atoms with Crippen LogP contribution in [0.3, 0.4) is 0 Å². The Bertz CT molecular complexity index is 760. The number of rotatable bonds is 3. The fraction of sp³-hybridized carbons (Fsp3) is 0.250. The van der Waals surface area contributed by atoms with Gasteiger partial charge in [-0.25, -0.2) is 0 Å². The number of nitrogen functional groups attached to an aromatic ring is 1. The SMILES string of the molecule is Nc1cc(Sc2ccc(Cl)cc2C(F)(F)F)cc(C2CC2)c1O. The van der Waals surface area contributed by atoms with E-state index in [0.717, 1.165) is 30.7 Å². The number of hydrogen-bond donors (Lipinski definition) is 2. The van der Waals surface area contributed by atoms with Gasteiger partial charge >= 0.3 is 6.18 Å². The van der Waals surface area contributed by atoms with Crippen molar-refractivity contribution in [1.82, 2.24) is 0 Å². The zero-order valence-corrected chi connectivity index (χ0v) is 13.4. The van der Waals surface area contributed by atoms with Gasteiger partial charge in [-0.15, -0.1) is 0 Å². The Balaban J connectivity index is 2.00. The molecule has 2 aromatic rings. The Morgan fingerprint density at radius 3 is 2.48 bits per heavy atom. The average Bonchev–Trinajstić information content (AvgIpc) is 3.28. The zero-order chi connectivity index (χ0) is 16.8. The molecule has 1 saturated carbocycles. The molecule has 0 unspecified atom stereocenters. The zero-order valence-electron chi connectivity index (χ0n) is 11.8. The fourth-order valence-corrected chi connectivity index (χ4v) is 3.57. The monoisotopic (exact) mass is 359 g/mol. The van der Waals surface area contributed by atoms with Crippen LogP contribution in [0, 0.1) is 0 Å². The summed E-state index contributed by atoms with van der Waals surface area (Å²) in [5, 5.41) is 10.0. The van der Waals surface area contributed by atoms with Crippen molar-refractivity contribution in [3.05, 3.63) is 46.5 Å². The molecule has 0 aliphatic heterocycles. The van der Waals surface area contributed by atoms with Crippen LogP contribution < -0.4 is 5.73 Å². The highest BCUT2D eigenvalue weighted by Crippen LogP contribution is 2.48. The predicted molar refractivity (Wildman–Crippen MR) is 85.1 cm³/mol. The topological polar surface area (TPSA) is 46.2 Å². The van der Waals surface area contributed by atoms with Gasteiger partial charge in [-0.1, -0.05) is 23.4 Å². The molecule has 0 heterocycles. The first kappa shape index (κ1) is 16.3. The Kier molecular flexibility index (Phi) is 4.14. The minimum absolute atomic E-state index is 0.0315. The molecule has 0 bridgehead atoms. The smallest absolute Gasteiger partial charge is 0.417 e. The summed E-state index contributed by atoms with van der Waals surface area (Å²) < 4.78 is 39.5. The summed E-state index contributed by atoms with van der Waals surface area (Å²) >= 11 is 6.65. The van der Waals surface area contributed by atoms with E-state index >= 15 is 0 Å². The molecule has 23 heavy (non-hydrogen) atoms. The van der Waals surface area contributed by atoms with Gasteiger partial charge < -0.3 is 10.8 Å². The lowest BCUT2D eigenvalue weighted by Crippen LogP contribution is -2.06. The lowest BCUT2D eigenvalue weighted by atomic mass is 10.1. The molecule has 3 N–H and O–H groups in total. The number of hydrogen-bond acceptors (Lipinski definition) is 3. The largest absolute Gasteiger partial charge is 0.505 e.